The van der Waals surface area contributed by atoms with Gasteiger partial charge in [-0.2, -0.15) is 0 Å². The van der Waals surface area contributed by atoms with E-state index in [2.05, 4.69) is 16.0 Å². The first kappa shape index (κ1) is 41.8. The molecule has 304 valence electrons. The number of nitrogens with one attached hydrogen (secondary N) is 3. The minimum atomic E-state index is -1.27. The van der Waals surface area contributed by atoms with E-state index >= 15 is 0 Å². The standard InChI is InChI=1S/C41H50N6O10/c1-22-36(49)43-23(2)39(52)45(4)30(17-25-9-13-28(55-7)14-10-25)38(51)44-24(3)40(53)47(6)32-18-26-11-15-29(16-12-26)57-34-21-27(20-33(48)35(34)56-8)19-31(37(50)42-22)46(5)41(32)54/h9-16,20-24,30-32,48H,17-19H2,1-8H3,(H,42,50)(H,43,49)(H,44,51)/t22-,23+,24+,30+,31+,32?/m1/s1. The molecule has 0 saturated carbocycles. The zero-order valence-electron chi connectivity index (χ0n) is 33.3. The molecule has 3 aliphatic rings. The van der Waals surface area contributed by atoms with Crippen molar-refractivity contribution < 1.29 is 48.1 Å². The quantitative estimate of drug-likeness (QED) is 0.302. The van der Waals surface area contributed by atoms with Crippen LogP contribution in [0, 0.1) is 0 Å². The summed E-state index contributed by atoms with van der Waals surface area (Å²) in [6.07, 6.45) is -0.0768. The molecular weight excluding hydrogens is 736 g/mol. The Bertz CT molecular complexity index is 2010. The van der Waals surface area contributed by atoms with Gasteiger partial charge in [0.25, 0.3) is 0 Å². The van der Waals surface area contributed by atoms with Crippen molar-refractivity contribution >= 4 is 35.4 Å². The lowest BCUT2D eigenvalue weighted by Gasteiger charge is -2.36. The Morgan fingerprint density at radius 1 is 0.649 bits per heavy atom. The van der Waals surface area contributed by atoms with Crippen molar-refractivity contribution in [3.05, 3.63) is 77.4 Å². The summed E-state index contributed by atoms with van der Waals surface area (Å²) < 4.78 is 16.8. The molecule has 3 heterocycles. The average Bonchev–Trinajstić information content (AvgIpc) is 3.19. The number of nitrogens with zero attached hydrogens (tertiary/aromatic N) is 3. The van der Waals surface area contributed by atoms with Crippen LogP contribution in [0.1, 0.15) is 37.5 Å². The molecule has 16 heteroatoms. The summed E-state index contributed by atoms with van der Waals surface area (Å²) in [5.74, 6) is -2.91. The minimum Gasteiger partial charge on any atom is -0.504 e. The summed E-state index contributed by atoms with van der Waals surface area (Å²) in [7, 11) is 7.20. The van der Waals surface area contributed by atoms with E-state index in [-0.39, 0.29) is 36.5 Å². The van der Waals surface area contributed by atoms with Crippen LogP contribution in [-0.4, -0.2) is 127 Å². The number of phenols is 1. The van der Waals surface area contributed by atoms with Crippen LogP contribution in [0.2, 0.25) is 0 Å². The van der Waals surface area contributed by atoms with Gasteiger partial charge in [0.05, 0.1) is 14.2 Å². The third-order valence-corrected chi connectivity index (χ3v) is 10.4. The number of fused-ring (bicyclic) bond motifs is 2. The maximum atomic E-state index is 14.7. The maximum absolute atomic E-state index is 14.7. The minimum absolute atomic E-state index is 0.0180. The number of hydrogen-bond donors (Lipinski definition) is 4. The van der Waals surface area contributed by atoms with Crippen molar-refractivity contribution in [1.29, 1.82) is 0 Å². The van der Waals surface area contributed by atoms with Gasteiger partial charge in [-0.3, -0.25) is 28.8 Å². The molecule has 0 aliphatic carbocycles. The van der Waals surface area contributed by atoms with Crippen molar-refractivity contribution in [3.8, 4) is 28.7 Å². The Morgan fingerprint density at radius 3 is 1.82 bits per heavy atom. The monoisotopic (exact) mass is 786 g/mol. The lowest BCUT2D eigenvalue weighted by atomic mass is 9.98. The molecule has 0 aromatic heterocycles. The van der Waals surface area contributed by atoms with Crippen molar-refractivity contribution in [1.82, 2.24) is 30.7 Å². The topological polar surface area (TPSA) is 196 Å². The van der Waals surface area contributed by atoms with Crippen molar-refractivity contribution in [2.24, 2.45) is 0 Å². The van der Waals surface area contributed by atoms with Crippen molar-refractivity contribution in [2.45, 2.75) is 76.3 Å². The Balaban J connectivity index is 1.59. The van der Waals surface area contributed by atoms with E-state index in [9.17, 15) is 33.9 Å². The second-order valence-corrected chi connectivity index (χ2v) is 14.4. The molecule has 6 amide bonds. The molecule has 0 radical (unpaired) electrons. The molecule has 4 N–H and O–H groups in total. The summed E-state index contributed by atoms with van der Waals surface area (Å²) in [6, 6.07) is 9.66. The Labute approximate surface area is 331 Å². The number of ether oxygens (including phenoxy) is 3. The zero-order chi connectivity index (χ0) is 41.7. The van der Waals surface area contributed by atoms with E-state index in [1.807, 2.05) is 0 Å². The molecule has 1 unspecified atom stereocenters. The summed E-state index contributed by atoms with van der Waals surface area (Å²) in [6.45, 7) is 4.38. The number of benzene rings is 3. The normalized spacial score (nSPS) is 24.1. The number of amides is 6. The predicted molar refractivity (Wildman–Crippen MR) is 208 cm³/mol. The van der Waals surface area contributed by atoms with Gasteiger partial charge in [0, 0.05) is 40.4 Å². The first-order valence-electron chi connectivity index (χ1n) is 18.5. The van der Waals surface area contributed by atoms with E-state index in [0.717, 1.165) is 0 Å². The molecule has 1 fully saturated rings. The molecule has 3 aromatic rings. The van der Waals surface area contributed by atoms with Gasteiger partial charge in [-0.1, -0.05) is 24.3 Å². The largest absolute Gasteiger partial charge is 0.504 e. The lowest BCUT2D eigenvalue weighted by molar-refractivity contribution is -0.149. The first-order valence-corrected chi connectivity index (χ1v) is 18.5. The van der Waals surface area contributed by atoms with E-state index in [4.69, 9.17) is 14.2 Å². The van der Waals surface area contributed by atoms with E-state index in [0.29, 0.717) is 28.2 Å². The zero-order valence-corrected chi connectivity index (χ0v) is 33.3. The smallest absolute Gasteiger partial charge is 0.246 e. The third kappa shape index (κ3) is 9.39. The molecular formula is C41H50N6O10. The van der Waals surface area contributed by atoms with Crippen LogP contribution in [0.5, 0.6) is 28.7 Å². The molecule has 16 nitrogen and oxygen atoms in total. The average molecular weight is 787 g/mol. The molecule has 3 aliphatic heterocycles. The van der Waals surface area contributed by atoms with Gasteiger partial charge in [0.1, 0.15) is 47.8 Å². The highest BCUT2D eigenvalue weighted by atomic mass is 16.5. The van der Waals surface area contributed by atoms with Gasteiger partial charge in [0.2, 0.25) is 41.2 Å². The van der Waals surface area contributed by atoms with Crippen LogP contribution in [0.3, 0.4) is 0 Å². The molecule has 1 saturated heterocycles. The van der Waals surface area contributed by atoms with Crippen LogP contribution in [0.25, 0.3) is 0 Å². The van der Waals surface area contributed by atoms with Gasteiger partial charge in [0.15, 0.2) is 11.5 Å². The van der Waals surface area contributed by atoms with Crippen LogP contribution in [0.15, 0.2) is 60.7 Å². The van der Waals surface area contributed by atoms with Gasteiger partial charge < -0.3 is 50.0 Å². The Kier molecular flexibility index (Phi) is 13.0. The van der Waals surface area contributed by atoms with Gasteiger partial charge in [-0.25, -0.2) is 0 Å². The lowest BCUT2D eigenvalue weighted by Crippen LogP contribution is -2.61. The first-order chi connectivity index (χ1) is 27.0. The van der Waals surface area contributed by atoms with Gasteiger partial charge >= 0.3 is 0 Å². The highest BCUT2D eigenvalue weighted by Crippen LogP contribution is 2.40. The summed E-state index contributed by atoms with van der Waals surface area (Å²) >= 11 is 0. The number of rotatable bonds is 4. The Morgan fingerprint density at radius 2 is 1.21 bits per heavy atom. The fourth-order valence-electron chi connectivity index (χ4n) is 6.95. The number of phenolic OH excluding ortho intramolecular Hbond substituents is 1. The summed E-state index contributed by atoms with van der Waals surface area (Å²) in [4.78, 5) is 88.1. The highest BCUT2D eigenvalue weighted by molar-refractivity contribution is 5.98. The number of carbonyl (C=O) groups is 6. The molecule has 6 rings (SSSR count). The molecule has 6 bridgehead atoms. The van der Waals surface area contributed by atoms with Crippen LogP contribution in [0.4, 0.5) is 0 Å². The number of hydrogen-bond acceptors (Lipinski definition) is 10. The summed E-state index contributed by atoms with van der Waals surface area (Å²) in [5.41, 5.74) is 1.73. The van der Waals surface area contributed by atoms with Gasteiger partial charge in [-0.15, -0.1) is 0 Å². The molecule has 0 spiro atoms. The number of likely N-dealkylation sites (N-methyl/N-ethyl adjacent to an activating group) is 3. The molecule has 57 heavy (non-hydrogen) atoms. The maximum Gasteiger partial charge on any atom is 0.246 e. The predicted octanol–water partition coefficient (Wildman–Crippen LogP) is 1.55. The fourth-order valence-corrected chi connectivity index (χ4v) is 6.95. The van der Waals surface area contributed by atoms with Crippen molar-refractivity contribution in [3.63, 3.8) is 0 Å². The molecule has 6 atom stereocenters. The fraction of sp³-hybridized carbons (Fsp3) is 0.415. The van der Waals surface area contributed by atoms with E-state index in [1.54, 1.807) is 54.6 Å². The number of aromatic hydroxyl groups is 1. The third-order valence-electron chi connectivity index (χ3n) is 10.4. The Hall–Kier alpha value is -6.32. The van der Waals surface area contributed by atoms with E-state index in [1.165, 1.54) is 76.9 Å². The van der Waals surface area contributed by atoms with Crippen LogP contribution in [-0.2, 0) is 48.0 Å². The van der Waals surface area contributed by atoms with Gasteiger partial charge in [-0.05, 0) is 73.9 Å². The van der Waals surface area contributed by atoms with Crippen molar-refractivity contribution in [2.75, 3.05) is 35.4 Å². The molecule has 3 aromatic carbocycles. The number of carbonyl (C=O) groups excluding carboxylic acids is 6. The SMILES string of the molecule is COc1ccc(C[C@H]2C(=O)N[C@@H](C)C(=O)N(C)C3Cc4ccc(cc4)Oc4cc(cc(O)c4OC)C[C@@H](C(=O)N[C@H](C)C(=O)N[C@@H](C)C(=O)N2C)N(C)C3=O)cc1. The summed E-state index contributed by atoms with van der Waals surface area (Å²) in [5, 5.41) is 19.0. The number of methoxy groups -OCH3 is 2. The highest BCUT2D eigenvalue weighted by Gasteiger charge is 2.39. The van der Waals surface area contributed by atoms with Crippen LogP contribution >= 0.6 is 0 Å². The van der Waals surface area contributed by atoms with Crippen LogP contribution < -0.4 is 30.2 Å². The second kappa shape index (κ2) is 17.6. The van der Waals surface area contributed by atoms with E-state index < -0.39 is 71.7 Å². The second-order valence-electron chi connectivity index (χ2n) is 14.4.